The molecule has 2 aromatic carbocycles. The summed E-state index contributed by atoms with van der Waals surface area (Å²) in [5, 5.41) is 0. The van der Waals surface area contributed by atoms with Gasteiger partial charge in [-0.1, -0.05) is 48.2 Å². The summed E-state index contributed by atoms with van der Waals surface area (Å²) in [6.45, 7) is 1.09. The summed E-state index contributed by atoms with van der Waals surface area (Å²) in [5.74, 6) is 0.969. The van der Waals surface area contributed by atoms with E-state index in [0.717, 1.165) is 27.6 Å². The van der Waals surface area contributed by atoms with Gasteiger partial charge in [-0.05, 0) is 36.1 Å². The van der Waals surface area contributed by atoms with Crippen molar-refractivity contribution in [1.82, 2.24) is 9.29 Å². The Kier molecular flexibility index (Phi) is 5.31. The Morgan fingerprint density at radius 3 is 2.69 bits per heavy atom. The summed E-state index contributed by atoms with van der Waals surface area (Å²) >= 11 is 3.31. The summed E-state index contributed by atoms with van der Waals surface area (Å²) in [7, 11) is -3.20. The van der Waals surface area contributed by atoms with Crippen LogP contribution in [-0.4, -0.2) is 35.8 Å². The van der Waals surface area contributed by atoms with Gasteiger partial charge in [-0.3, -0.25) is 0 Å². The molecule has 0 saturated heterocycles. The molecule has 4 nitrogen and oxygen atoms in total. The van der Waals surface area contributed by atoms with Crippen LogP contribution in [0.4, 0.5) is 0 Å². The minimum absolute atomic E-state index is 0.201. The van der Waals surface area contributed by atoms with Crippen LogP contribution in [0.1, 0.15) is 17.5 Å². The standard InChI is InChI=1S/C19H20N2O2S3/c22-26(23,21-11-10-15-6-1-2-7-16(15)14-21)13-5-12-24-19-20-17-8-3-4-9-18(17)25-19/h1-4,6-9H,5,10-14H2. The van der Waals surface area contributed by atoms with Gasteiger partial charge in [0.05, 0.1) is 16.0 Å². The molecule has 136 valence electrons. The number of hydrogen-bond acceptors (Lipinski definition) is 5. The Morgan fingerprint density at radius 2 is 1.85 bits per heavy atom. The van der Waals surface area contributed by atoms with E-state index in [1.807, 2.05) is 36.4 Å². The highest BCUT2D eigenvalue weighted by molar-refractivity contribution is 8.01. The maximum absolute atomic E-state index is 12.7. The molecule has 0 radical (unpaired) electrons. The second-order valence-electron chi connectivity index (χ2n) is 6.32. The number of nitrogens with zero attached hydrogens (tertiary/aromatic N) is 2. The maximum Gasteiger partial charge on any atom is 0.214 e. The van der Waals surface area contributed by atoms with E-state index in [1.54, 1.807) is 27.4 Å². The normalized spacial score (nSPS) is 15.2. The van der Waals surface area contributed by atoms with Crippen molar-refractivity contribution in [2.75, 3.05) is 18.1 Å². The zero-order chi connectivity index (χ0) is 18.0. The Bertz CT molecular complexity index is 981. The van der Waals surface area contributed by atoms with Gasteiger partial charge in [-0.25, -0.2) is 13.4 Å². The first-order valence-corrected chi connectivity index (χ1v) is 12.1. The lowest BCUT2D eigenvalue weighted by molar-refractivity contribution is 0.391. The Labute approximate surface area is 162 Å². The zero-order valence-corrected chi connectivity index (χ0v) is 16.7. The van der Waals surface area contributed by atoms with Gasteiger partial charge in [0.15, 0.2) is 4.34 Å². The Morgan fingerprint density at radius 1 is 1.08 bits per heavy atom. The van der Waals surface area contributed by atoms with Gasteiger partial charge in [0.1, 0.15) is 0 Å². The quantitative estimate of drug-likeness (QED) is 0.457. The molecule has 3 aromatic rings. The van der Waals surface area contributed by atoms with Crippen LogP contribution in [0.15, 0.2) is 52.9 Å². The van der Waals surface area contributed by atoms with E-state index in [2.05, 4.69) is 17.1 Å². The molecule has 0 atom stereocenters. The summed E-state index contributed by atoms with van der Waals surface area (Å²) in [5.41, 5.74) is 3.41. The number of sulfonamides is 1. The van der Waals surface area contributed by atoms with Gasteiger partial charge in [0.2, 0.25) is 10.0 Å². The van der Waals surface area contributed by atoms with Crippen LogP contribution in [-0.2, 0) is 23.0 Å². The Balaban J connectivity index is 1.31. The van der Waals surface area contributed by atoms with E-state index in [1.165, 1.54) is 10.3 Å². The third-order valence-electron chi connectivity index (χ3n) is 4.54. The molecule has 1 aliphatic rings. The fourth-order valence-electron chi connectivity index (χ4n) is 3.15. The fourth-order valence-corrected chi connectivity index (χ4v) is 6.88. The molecule has 4 rings (SSSR count). The summed E-state index contributed by atoms with van der Waals surface area (Å²) in [4.78, 5) is 4.58. The van der Waals surface area contributed by atoms with Crippen LogP contribution in [0.3, 0.4) is 0 Å². The second kappa shape index (κ2) is 7.68. The minimum Gasteiger partial charge on any atom is -0.230 e. The number of benzene rings is 2. The average Bonchev–Trinajstić information content (AvgIpc) is 3.08. The van der Waals surface area contributed by atoms with Crippen LogP contribution < -0.4 is 0 Å². The van der Waals surface area contributed by atoms with Crippen molar-refractivity contribution in [2.24, 2.45) is 0 Å². The number of thioether (sulfide) groups is 1. The molecule has 0 saturated carbocycles. The van der Waals surface area contributed by atoms with Gasteiger partial charge in [0.25, 0.3) is 0 Å². The fraction of sp³-hybridized carbons (Fsp3) is 0.316. The first-order chi connectivity index (χ1) is 12.6. The third-order valence-corrected chi connectivity index (χ3v) is 8.70. The van der Waals surface area contributed by atoms with Crippen LogP contribution in [0.25, 0.3) is 10.2 Å². The van der Waals surface area contributed by atoms with E-state index < -0.39 is 10.0 Å². The zero-order valence-electron chi connectivity index (χ0n) is 14.3. The van der Waals surface area contributed by atoms with Crippen LogP contribution in [0.2, 0.25) is 0 Å². The molecule has 26 heavy (non-hydrogen) atoms. The first kappa shape index (κ1) is 18.0. The van der Waals surface area contributed by atoms with Gasteiger partial charge in [-0.2, -0.15) is 4.31 Å². The molecule has 0 bridgehead atoms. The van der Waals surface area contributed by atoms with E-state index in [9.17, 15) is 8.42 Å². The number of rotatable bonds is 6. The molecule has 0 amide bonds. The van der Waals surface area contributed by atoms with Gasteiger partial charge < -0.3 is 0 Å². The van der Waals surface area contributed by atoms with E-state index in [0.29, 0.717) is 19.5 Å². The number of para-hydroxylation sites is 1. The number of thiazole rings is 1. The summed E-state index contributed by atoms with van der Waals surface area (Å²) in [6, 6.07) is 16.2. The van der Waals surface area contributed by atoms with E-state index in [4.69, 9.17) is 0 Å². The smallest absolute Gasteiger partial charge is 0.214 e. The van der Waals surface area contributed by atoms with Crippen molar-refractivity contribution in [3.05, 3.63) is 59.7 Å². The number of hydrogen-bond donors (Lipinski definition) is 0. The molecule has 2 heterocycles. The van der Waals surface area contributed by atoms with Gasteiger partial charge >= 0.3 is 0 Å². The topological polar surface area (TPSA) is 50.3 Å². The number of fused-ring (bicyclic) bond motifs is 2. The highest BCUT2D eigenvalue weighted by Gasteiger charge is 2.26. The van der Waals surface area contributed by atoms with E-state index >= 15 is 0 Å². The highest BCUT2D eigenvalue weighted by atomic mass is 32.2. The van der Waals surface area contributed by atoms with Crippen molar-refractivity contribution in [3.63, 3.8) is 0 Å². The predicted molar refractivity (Wildman–Crippen MR) is 109 cm³/mol. The number of aromatic nitrogens is 1. The molecular formula is C19H20N2O2S3. The lowest BCUT2D eigenvalue weighted by Gasteiger charge is -2.28. The van der Waals surface area contributed by atoms with Crippen LogP contribution >= 0.6 is 23.1 Å². The van der Waals surface area contributed by atoms with E-state index in [-0.39, 0.29) is 5.75 Å². The Hall–Kier alpha value is -1.41. The molecule has 1 aliphatic heterocycles. The highest BCUT2D eigenvalue weighted by Crippen LogP contribution is 2.30. The molecule has 0 spiro atoms. The maximum atomic E-state index is 12.7. The van der Waals surface area contributed by atoms with Crippen molar-refractivity contribution in [2.45, 2.75) is 23.7 Å². The summed E-state index contributed by atoms with van der Waals surface area (Å²) in [6.07, 6.45) is 1.44. The van der Waals surface area contributed by atoms with Gasteiger partial charge in [0, 0.05) is 18.8 Å². The summed E-state index contributed by atoms with van der Waals surface area (Å²) < 4.78 is 29.1. The molecule has 0 unspecified atom stereocenters. The van der Waals surface area contributed by atoms with Crippen molar-refractivity contribution in [1.29, 1.82) is 0 Å². The van der Waals surface area contributed by atoms with Gasteiger partial charge in [-0.15, -0.1) is 11.3 Å². The molecule has 7 heteroatoms. The minimum atomic E-state index is -3.20. The monoisotopic (exact) mass is 404 g/mol. The molecular weight excluding hydrogens is 384 g/mol. The largest absolute Gasteiger partial charge is 0.230 e. The lowest BCUT2D eigenvalue weighted by Crippen LogP contribution is -2.37. The predicted octanol–water partition coefficient (Wildman–Crippen LogP) is 4.17. The van der Waals surface area contributed by atoms with Crippen molar-refractivity contribution < 1.29 is 8.42 Å². The molecule has 0 aliphatic carbocycles. The van der Waals surface area contributed by atoms with Crippen LogP contribution in [0.5, 0.6) is 0 Å². The second-order valence-corrected chi connectivity index (χ2v) is 10.8. The molecule has 0 N–H and O–H groups in total. The average molecular weight is 405 g/mol. The molecule has 0 fully saturated rings. The first-order valence-electron chi connectivity index (χ1n) is 8.65. The third kappa shape index (κ3) is 3.96. The van der Waals surface area contributed by atoms with Crippen molar-refractivity contribution >= 4 is 43.3 Å². The van der Waals surface area contributed by atoms with Crippen LogP contribution in [0, 0.1) is 0 Å². The SMILES string of the molecule is O=S(=O)(CCCSc1nc2ccccc2s1)N1CCc2ccccc2C1. The van der Waals surface area contributed by atoms with Crippen molar-refractivity contribution in [3.8, 4) is 0 Å². The molecule has 1 aromatic heterocycles. The lowest BCUT2D eigenvalue weighted by atomic mass is 10.0.